The first-order valence-electron chi connectivity index (χ1n) is 9.04. The number of carbonyl (C=O) groups is 2. The van der Waals surface area contributed by atoms with Crippen molar-refractivity contribution in [2.45, 2.75) is 25.0 Å². The van der Waals surface area contributed by atoms with Crippen LogP contribution < -0.4 is 5.32 Å². The van der Waals surface area contributed by atoms with Crippen molar-refractivity contribution in [3.05, 3.63) is 34.9 Å². The van der Waals surface area contributed by atoms with Crippen LogP contribution in [0.1, 0.15) is 24.4 Å². The van der Waals surface area contributed by atoms with Crippen LogP contribution >= 0.6 is 11.6 Å². The molecule has 6 nitrogen and oxygen atoms in total. The smallest absolute Gasteiger partial charge is 0.253 e. The Bertz CT molecular complexity index is 661. The van der Waals surface area contributed by atoms with Gasteiger partial charge in [-0.25, -0.2) is 0 Å². The number of amides is 2. The lowest BCUT2D eigenvalue weighted by Crippen LogP contribution is -2.53. The van der Waals surface area contributed by atoms with Gasteiger partial charge >= 0.3 is 0 Å². The number of benzene rings is 1. The molecule has 0 bridgehead atoms. The molecule has 2 saturated heterocycles. The highest BCUT2D eigenvalue weighted by atomic mass is 35.5. The molecular formula is C19H26ClN3O3. The quantitative estimate of drug-likeness (QED) is 0.864. The third-order valence-corrected chi connectivity index (χ3v) is 5.59. The van der Waals surface area contributed by atoms with Crippen LogP contribution in [0.3, 0.4) is 0 Å². The Morgan fingerprint density at radius 2 is 2.04 bits per heavy atom. The van der Waals surface area contributed by atoms with Crippen molar-refractivity contribution in [2.75, 3.05) is 40.3 Å². The number of nitrogens with one attached hydrogen (secondary N) is 1. The van der Waals surface area contributed by atoms with E-state index in [4.69, 9.17) is 16.3 Å². The van der Waals surface area contributed by atoms with Crippen LogP contribution in [-0.4, -0.2) is 68.1 Å². The summed E-state index contributed by atoms with van der Waals surface area (Å²) in [6.45, 7) is 2.71. The summed E-state index contributed by atoms with van der Waals surface area (Å²) in [6.07, 6.45) is 1.41. The summed E-state index contributed by atoms with van der Waals surface area (Å²) in [5.74, 6) is 0.142. The van der Waals surface area contributed by atoms with Crippen LogP contribution in [0.15, 0.2) is 24.3 Å². The molecule has 2 fully saturated rings. The lowest BCUT2D eigenvalue weighted by Gasteiger charge is -2.36. The summed E-state index contributed by atoms with van der Waals surface area (Å²) >= 11 is 6.29. The number of hydrogen-bond acceptors (Lipinski definition) is 4. The van der Waals surface area contributed by atoms with E-state index < -0.39 is 12.1 Å². The first kappa shape index (κ1) is 19.1. The van der Waals surface area contributed by atoms with Crippen molar-refractivity contribution >= 4 is 23.4 Å². The van der Waals surface area contributed by atoms with Gasteiger partial charge in [-0.3, -0.25) is 9.59 Å². The fraction of sp³-hybridized carbons (Fsp3) is 0.579. The van der Waals surface area contributed by atoms with E-state index in [0.717, 1.165) is 25.9 Å². The molecule has 3 rings (SSSR count). The zero-order chi connectivity index (χ0) is 18.7. The molecule has 2 aliphatic rings. The Morgan fingerprint density at radius 3 is 2.73 bits per heavy atom. The first-order chi connectivity index (χ1) is 12.5. The number of carbonyl (C=O) groups excluding carboxylic acids is 2. The van der Waals surface area contributed by atoms with Crippen molar-refractivity contribution in [3.63, 3.8) is 0 Å². The number of piperidine rings is 1. The van der Waals surface area contributed by atoms with Gasteiger partial charge in [-0.05, 0) is 50.5 Å². The molecule has 2 heterocycles. The van der Waals surface area contributed by atoms with E-state index in [1.54, 1.807) is 11.0 Å². The number of ether oxygens (including phenoxy) is 1. The van der Waals surface area contributed by atoms with Gasteiger partial charge in [0.1, 0.15) is 6.61 Å². The molecule has 2 atom stereocenters. The number of likely N-dealkylation sites (N-methyl/N-ethyl adjacent to an activating group) is 1. The molecule has 0 radical (unpaired) electrons. The second kappa shape index (κ2) is 8.37. The summed E-state index contributed by atoms with van der Waals surface area (Å²) in [5.41, 5.74) is 0.702. The third-order valence-electron chi connectivity index (χ3n) is 5.24. The highest BCUT2D eigenvalue weighted by Gasteiger charge is 2.38. The van der Waals surface area contributed by atoms with Crippen LogP contribution in [0.4, 0.5) is 0 Å². The average molecular weight is 380 g/mol. The topological polar surface area (TPSA) is 61.9 Å². The number of hydrogen-bond donors (Lipinski definition) is 1. The largest absolute Gasteiger partial charge is 0.356 e. The van der Waals surface area contributed by atoms with Crippen molar-refractivity contribution in [1.29, 1.82) is 0 Å². The second-order valence-corrected chi connectivity index (χ2v) is 7.67. The molecule has 0 spiro atoms. The minimum Gasteiger partial charge on any atom is -0.356 e. The number of halogens is 1. The van der Waals surface area contributed by atoms with Gasteiger partial charge in [-0.15, -0.1) is 0 Å². The van der Waals surface area contributed by atoms with Crippen LogP contribution in [0.2, 0.25) is 5.02 Å². The van der Waals surface area contributed by atoms with Crippen molar-refractivity contribution in [1.82, 2.24) is 15.1 Å². The first-order valence-corrected chi connectivity index (χ1v) is 9.42. The van der Waals surface area contributed by atoms with E-state index in [9.17, 15) is 9.59 Å². The van der Waals surface area contributed by atoms with Gasteiger partial charge < -0.3 is 19.9 Å². The Labute approximate surface area is 159 Å². The Hall–Kier alpha value is -1.63. The fourth-order valence-corrected chi connectivity index (χ4v) is 3.93. The van der Waals surface area contributed by atoms with Crippen molar-refractivity contribution in [2.24, 2.45) is 5.92 Å². The van der Waals surface area contributed by atoms with E-state index in [1.165, 1.54) is 0 Å². The van der Waals surface area contributed by atoms with Crippen molar-refractivity contribution in [3.8, 4) is 0 Å². The van der Waals surface area contributed by atoms with Gasteiger partial charge in [0.25, 0.3) is 5.91 Å². The van der Waals surface area contributed by atoms with Gasteiger partial charge in [-0.2, -0.15) is 0 Å². The third kappa shape index (κ3) is 4.37. The molecule has 1 N–H and O–H groups in total. The Morgan fingerprint density at radius 1 is 1.35 bits per heavy atom. The van der Waals surface area contributed by atoms with Crippen LogP contribution in [0.25, 0.3) is 0 Å². The normalized spacial score (nSPS) is 25.0. The predicted octanol–water partition coefficient (Wildman–Crippen LogP) is 1.70. The number of nitrogens with zero attached hydrogens (tertiary/aromatic N) is 2. The van der Waals surface area contributed by atoms with Gasteiger partial charge in [0.2, 0.25) is 5.91 Å². The summed E-state index contributed by atoms with van der Waals surface area (Å²) < 4.78 is 5.63. The molecule has 0 aromatic heterocycles. The maximum atomic E-state index is 13.0. The summed E-state index contributed by atoms with van der Waals surface area (Å²) in [4.78, 5) is 28.9. The molecule has 26 heavy (non-hydrogen) atoms. The Balaban J connectivity index is 1.71. The maximum absolute atomic E-state index is 13.0. The van der Waals surface area contributed by atoms with Crippen LogP contribution in [0.5, 0.6) is 0 Å². The number of likely N-dealkylation sites (tertiary alicyclic amines) is 1. The van der Waals surface area contributed by atoms with Gasteiger partial charge in [0, 0.05) is 18.6 Å². The van der Waals surface area contributed by atoms with E-state index in [-0.39, 0.29) is 18.4 Å². The highest BCUT2D eigenvalue weighted by Crippen LogP contribution is 2.29. The SMILES string of the molecule is CN1CCC(CN(C)C(=O)C2OCC(=O)NC2c2ccccc2Cl)CC1. The standard InChI is InChI=1S/C19H26ClN3O3/c1-22-9-7-13(8-10-22)11-23(2)19(25)18-17(21-16(24)12-26-18)14-5-3-4-6-15(14)20/h3-6,13,17-18H,7-12H2,1-2H3,(H,21,24). The van der Waals surface area contributed by atoms with E-state index in [1.807, 2.05) is 25.2 Å². The minimum absolute atomic E-state index is 0.112. The molecule has 0 saturated carbocycles. The molecule has 1 aromatic rings. The summed E-state index contributed by atoms with van der Waals surface area (Å²) in [5, 5.41) is 3.38. The van der Waals surface area contributed by atoms with Crippen LogP contribution in [0, 0.1) is 5.92 Å². The summed E-state index contributed by atoms with van der Waals surface area (Å²) in [7, 11) is 3.93. The van der Waals surface area contributed by atoms with E-state index >= 15 is 0 Å². The van der Waals surface area contributed by atoms with Gasteiger partial charge in [0.15, 0.2) is 6.10 Å². The molecule has 2 unspecified atom stereocenters. The van der Waals surface area contributed by atoms with Gasteiger partial charge in [0.05, 0.1) is 6.04 Å². The fourth-order valence-electron chi connectivity index (χ4n) is 3.67. The van der Waals surface area contributed by atoms with E-state index in [0.29, 0.717) is 23.0 Å². The second-order valence-electron chi connectivity index (χ2n) is 7.26. The zero-order valence-electron chi connectivity index (χ0n) is 15.3. The van der Waals surface area contributed by atoms with E-state index in [2.05, 4.69) is 17.3 Å². The molecule has 0 aliphatic carbocycles. The minimum atomic E-state index is -0.760. The maximum Gasteiger partial charge on any atom is 0.253 e. The molecule has 1 aromatic carbocycles. The monoisotopic (exact) mass is 379 g/mol. The van der Waals surface area contributed by atoms with Crippen molar-refractivity contribution < 1.29 is 14.3 Å². The predicted molar refractivity (Wildman–Crippen MR) is 99.9 cm³/mol. The number of rotatable bonds is 4. The molecule has 2 amide bonds. The molecular weight excluding hydrogens is 354 g/mol. The van der Waals surface area contributed by atoms with Gasteiger partial charge in [-0.1, -0.05) is 29.8 Å². The summed E-state index contributed by atoms with van der Waals surface area (Å²) in [6, 6.07) is 6.66. The zero-order valence-corrected chi connectivity index (χ0v) is 16.0. The van der Waals surface area contributed by atoms with Crippen LogP contribution in [-0.2, 0) is 14.3 Å². The average Bonchev–Trinajstić information content (AvgIpc) is 2.63. The molecule has 7 heteroatoms. The lowest BCUT2D eigenvalue weighted by atomic mass is 9.95. The lowest BCUT2D eigenvalue weighted by molar-refractivity contribution is -0.154. The highest BCUT2D eigenvalue weighted by molar-refractivity contribution is 6.31. The molecule has 2 aliphatic heterocycles. The number of morpholine rings is 1. The molecule has 142 valence electrons. The Kier molecular flexibility index (Phi) is 6.16.